The number of hydrogen-bond donors (Lipinski definition) is 0. The molecule has 19 heavy (non-hydrogen) atoms. The van der Waals surface area contributed by atoms with E-state index in [1.807, 2.05) is 0 Å². The first-order chi connectivity index (χ1) is 8.97. The summed E-state index contributed by atoms with van der Waals surface area (Å²) in [5.74, 6) is 1.96. The summed E-state index contributed by atoms with van der Waals surface area (Å²) in [7, 11) is -1.04. The van der Waals surface area contributed by atoms with Crippen molar-refractivity contribution in [2.75, 3.05) is 5.75 Å². The van der Waals surface area contributed by atoms with Crippen molar-refractivity contribution in [1.82, 2.24) is 24.7 Å². The van der Waals surface area contributed by atoms with Crippen molar-refractivity contribution < 1.29 is 4.21 Å². The second-order valence-corrected chi connectivity index (χ2v) is 7.04. The van der Waals surface area contributed by atoms with Crippen molar-refractivity contribution in [2.24, 2.45) is 0 Å². The zero-order valence-corrected chi connectivity index (χ0v) is 11.9. The van der Waals surface area contributed by atoms with Gasteiger partial charge in [-0.05, 0) is 0 Å². The Morgan fingerprint density at radius 1 is 1.32 bits per heavy atom. The van der Waals surface area contributed by atoms with Gasteiger partial charge in [0.1, 0.15) is 23.4 Å². The van der Waals surface area contributed by atoms with Gasteiger partial charge in [0, 0.05) is 17.6 Å². The molecule has 1 aliphatic rings. The molecular formula is C12H15N5OS. The fourth-order valence-electron chi connectivity index (χ4n) is 1.99. The van der Waals surface area contributed by atoms with Gasteiger partial charge in [-0.2, -0.15) is 5.10 Å². The largest absolute Gasteiger partial charge is 0.254 e. The highest BCUT2D eigenvalue weighted by atomic mass is 32.2. The van der Waals surface area contributed by atoms with E-state index in [4.69, 9.17) is 0 Å². The predicted molar refractivity (Wildman–Crippen MR) is 70.6 cm³/mol. The van der Waals surface area contributed by atoms with E-state index in [0.29, 0.717) is 16.5 Å². The summed E-state index contributed by atoms with van der Waals surface area (Å²) in [5.41, 5.74) is 0.720. The summed E-state index contributed by atoms with van der Waals surface area (Å²) in [6.45, 7) is 6.18. The van der Waals surface area contributed by atoms with Gasteiger partial charge in [-0.1, -0.05) is 20.8 Å². The van der Waals surface area contributed by atoms with Gasteiger partial charge in [-0.15, -0.1) is 0 Å². The Labute approximate surface area is 113 Å². The molecule has 2 aromatic rings. The summed E-state index contributed by atoms with van der Waals surface area (Å²) in [6.07, 6.45) is 3.75. The van der Waals surface area contributed by atoms with Crippen LogP contribution in [0.5, 0.6) is 0 Å². The second kappa shape index (κ2) is 4.19. The molecule has 0 saturated carbocycles. The molecule has 0 N–H and O–H groups in total. The Morgan fingerprint density at radius 3 is 2.74 bits per heavy atom. The van der Waals surface area contributed by atoms with Gasteiger partial charge in [0.15, 0.2) is 5.82 Å². The van der Waals surface area contributed by atoms with Crippen molar-refractivity contribution in [2.45, 2.75) is 37.5 Å². The molecule has 3 rings (SSSR count). The average Bonchev–Trinajstić information content (AvgIpc) is 2.97. The lowest BCUT2D eigenvalue weighted by atomic mass is 9.95. The Balaban J connectivity index is 2.27. The SMILES string of the molecule is CC(C)(C)c1nc2c(c(-n3cncn3)n1)S(=O)CC2. The van der Waals surface area contributed by atoms with Crippen LogP contribution in [-0.2, 0) is 22.6 Å². The van der Waals surface area contributed by atoms with Crippen molar-refractivity contribution >= 4 is 10.8 Å². The van der Waals surface area contributed by atoms with Gasteiger partial charge < -0.3 is 0 Å². The smallest absolute Gasteiger partial charge is 0.175 e. The van der Waals surface area contributed by atoms with Gasteiger partial charge in [-0.25, -0.2) is 19.6 Å². The predicted octanol–water partition coefficient (Wildman–Crippen LogP) is 1.02. The Kier molecular flexibility index (Phi) is 2.74. The Morgan fingerprint density at radius 2 is 2.11 bits per heavy atom. The first-order valence-corrected chi connectivity index (χ1v) is 7.43. The molecule has 6 nitrogen and oxygen atoms in total. The summed E-state index contributed by atoms with van der Waals surface area (Å²) < 4.78 is 13.7. The number of aryl methyl sites for hydroxylation is 1. The number of nitrogens with zero attached hydrogens (tertiary/aromatic N) is 5. The van der Waals surface area contributed by atoms with Gasteiger partial charge in [-0.3, -0.25) is 4.21 Å². The van der Waals surface area contributed by atoms with Crippen LogP contribution in [0, 0.1) is 0 Å². The van der Waals surface area contributed by atoms with E-state index in [-0.39, 0.29) is 5.41 Å². The number of aromatic nitrogens is 5. The normalized spacial score (nSPS) is 18.6. The van der Waals surface area contributed by atoms with Crippen LogP contribution in [0.3, 0.4) is 0 Å². The van der Waals surface area contributed by atoms with Gasteiger partial charge in [0.05, 0.1) is 16.5 Å². The minimum Gasteiger partial charge on any atom is -0.254 e. The summed E-state index contributed by atoms with van der Waals surface area (Å²) in [4.78, 5) is 13.8. The monoisotopic (exact) mass is 277 g/mol. The highest BCUT2D eigenvalue weighted by molar-refractivity contribution is 7.85. The highest BCUT2D eigenvalue weighted by Crippen LogP contribution is 2.29. The van der Waals surface area contributed by atoms with E-state index in [1.165, 1.54) is 6.33 Å². The summed E-state index contributed by atoms with van der Waals surface area (Å²) in [6, 6.07) is 0. The minimum absolute atomic E-state index is 0.158. The highest BCUT2D eigenvalue weighted by Gasteiger charge is 2.29. The number of fused-ring (bicyclic) bond motifs is 1. The molecular weight excluding hydrogens is 262 g/mol. The molecule has 7 heteroatoms. The molecule has 0 aromatic carbocycles. The van der Waals surface area contributed by atoms with Crippen LogP contribution in [0.25, 0.3) is 5.82 Å². The van der Waals surface area contributed by atoms with Crippen molar-refractivity contribution in [1.29, 1.82) is 0 Å². The molecule has 0 radical (unpaired) electrons. The Hall–Kier alpha value is -1.63. The fraction of sp³-hybridized carbons (Fsp3) is 0.500. The molecule has 0 saturated heterocycles. The molecule has 0 fully saturated rings. The molecule has 2 aromatic heterocycles. The van der Waals surface area contributed by atoms with E-state index >= 15 is 0 Å². The zero-order valence-electron chi connectivity index (χ0n) is 11.1. The van der Waals surface area contributed by atoms with E-state index in [1.54, 1.807) is 11.0 Å². The molecule has 100 valence electrons. The lowest BCUT2D eigenvalue weighted by Gasteiger charge is -2.18. The van der Waals surface area contributed by atoms with Crippen molar-refractivity contribution in [3.63, 3.8) is 0 Å². The van der Waals surface area contributed by atoms with Crippen LogP contribution in [0.1, 0.15) is 32.3 Å². The second-order valence-electron chi connectivity index (χ2n) is 5.54. The first-order valence-electron chi connectivity index (χ1n) is 6.11. The molecule has 0 aliphatic carbocycles. The quantitative estimate of drug-likeness (QED) is 0.778. The van der Waals surface area contributed by atoms with Crippen LogP contribution < -0.4 is 0 Å². The van der Waals surface area contributed by atoms with Crippen LogP contribution in [0.15, 0.2) is 17.6 Å². The third-order valence-electron chi connectivity index (χ3n) is 2.98. The van der Waals surface area contributed by atoms with Gasteiger partial charge in [0.2, 0.25) is 0 Å². The number of rotatable bonds is 1. The molecule has 0 spiro atoms. The topological polar surface area (TPSA) is 73.6 Å². The third-order valence-corrected chi connectivity index (χ3v) is 4.42. The lowest BCUT2D eigenvalue weighted by molar-refractivity contribution is 0.535. The van der Waals surface area contributed by atoms with Crippen LogP contribution in [0.2, 0.25) is 0 Å². The number of hydrogen-bond acceptors (Lipinski definition) is 5. The third kappa shape index (κ3) is 2.07. The fourth-order valence-corrected chi connectivity index (χ4v) is 3.32. The van der Waals surface area contributed by atoms with Gasteiger partial charge >= 0.3 is 0 Å². The first kappa shape index (κ1) is 12.4. The van der Waals surface area contributed by atoms with E-state index < -0.39 is 10.8 Å². The van der Waals surface area contributed by atoms with E-state index in [9.17, 15) is 4.21 Å². The van der Waals surface area contributed by atoms with Crippen LogP contribution in [-0.4, -0.2) is 34.7 Å². The van der Waals surface area contributed by atoms with Crippen molar-refractivity contribution in [3.8, 4) is 5.82 Å². The van der Waals surface area contributed by atoms with E-state index in [0.717, 1.165) is 17.9 Å². The van der Waals surface area contributed by atoms with E-state index in [2.05, 4.69) is 40.8 Å². The maximum absolute atomic E-state index is 12.1. The standard InChI is InChI=1S/C12H15N5OS/c1-12(2,3)11-15-8-4-5-19(18)9(8)10(16-11)17-7-13-6-14-17/h6-7H,4-5H2,1-3H3. The summed E-state index contributed by atoms with van der Waals surface area (Å²) in [5, 5.41) is 4.10. The maximum Gasteiger partial charge on any atom is 0.175 e. The maximum atomic E-state index is 12.1. The van der Waals surface area contributed by atoms with Gasteiger partial charge in [0.25, 0.3) is 0 Å². The molecule has 1 aliphatic heterocycles. The molecule has 1 atom stereocenters. The molecule has 0 bridgehead atoms. The van der Waals surface area contributed by atoms with Crippen molar-refractivity contribution in [3.05, 3.63) is 24.2 Å². The molecule has 1 unspecified atom stereocenters. The summed E-state index contributed by atoms with van der Waals surface area (Å²) >= 11 is 0. The minimum atomic E-state index is -1.04. The Bertz CT molecular complexity index is 645. The lowest BCUT2D eigenvalue weighted by Crippen LogP contribution is -2.19. The molecule has 3 heterocycles. The zero-order chi connectivity index (χ0) is 13.6. The van der Waals surface area contributed by atoms with Crippen LogP contribution in [0.4, 0.5) is 0 Å². The average molecular weight is 277 g/mol. The molecule has 0 amide bonds. The van der Waals surface area contributed by atoms with Crippen LogP contribution >= 0.6 is 0 Å².